The van der Waals surface area contributed by atoms with Crippen LogP contribution in [0.3, 0.4) is 0 Å². The van der Waals surface area contributed by atoms with Gasteiger partial charge >= 0.3 is 11.8 Å². The highest BCUT2D eigenvalue weighted by atomic mass is 16.5. The first-order valence-corrected chi connectivity index (χ1v) is 8.73. The fourth-order valence-corrected chi connectivity index (χ4v) is 3.25. The van der Waals surface area contributed by atoms with Gasteiger partial charge in [0.05, 0.1) is 6.20 Å². The second kappa shape index (κ2) is 7.43. The number of nitrogens with zero attached hydrogens (tertiary/aromatic N) is 5. The molecule has 3 heterocycles. The molecule has 1 aliphatic rings. The highest BCUT2D eigenvalue weighted by Gasteiger charge is 2.27. The van der Waals surface area contributed by atoms with E-state index in [9.17, 15) is 4.79 Å². The first-order valence-electron chi connectivity index (χ1n) is 8.73. The number of hydrogen-bond donors (Lipinski definition) is 0. The summed E-state index contributed by atoms with van der Waals surface area (Å²) in [6.07, 6.45) is 7.66. The molecule has 1 saturated heterocycles. The molecule has 0 saturated carbocycles. The zero-order chi connectivity index (χ0) is 17.8. The lowest BCUT2D eigenvalue weighted by Gasteiger charge is -2.31. The predicted octanol–water partition coefficient (Wildman–Crippen LogP) is 2.62. The Kier molecular flexibility index (Phi) is 4.68. The number of rotatable bonds is 4. The van der Waals surface area contributed by atoms with Crippen LogP contribution in [-0.4, -0.2) is 44.0 Å². The van der Waals surface area contributed by atoms with Crippen LogP contribution in [0.4, 0.5) is 0 Å². The van der Waals surface area contributed by atoms with Crippen LogP contribution in [0.15, 0.2) is 53.4 Å². The van der Waals surface area contributed by atoms with Gasteiger partial charge in [0.1, 0.15) is 5.69 Å². The maximum Gasteiger partial charge on any atom is 0.316 e. The molecule has 0 spiro atoms. The lowest BCUT2D eigenvalue weighted by Crippen LogP contribution is -2.39. The summed E-state index contributed by atoms with van der Waals surface area (Å²) in [7, 11) is 0. The minimum Gasteiger partial charge on any atom is -0.334 e. The number of hydrogen-bond acceptors (Lipinski definition) is 6. The average Bonchev–Trinajstić information content (AvgIpc) is 3.20. The fourth-order valence-electron chi connectivity index (χ4n) is 3.25. The summed E-state index contributed by atoms with van der Waals surface area (Å²) < 4.78 is 5.14. The van der Waals surface area contributed by atoms with Gasteiger partial charge in [-0.1, -0.05) is 35.5 Å². The van der Waals surface area contributed by atoms with Crippen LogP contribution in [-0.2, 0) is 6.42 Å². The van der Waals surface area contributed by atoms with Crippen molar-refractivity contribution in [2.45, 2.75) is 19.3 Å². The van der Waals surface area contributed by atoms with Crippen molar-refractivity contribution in [2.24, 2.45) is 5.92 Å². The number of piperidine rings is 1. The van der Waals surface area contributed by atoms with Gasteiger partial charge in [-0.2, -0.15) is 4.98 Å². The molecule has 7 nitrogen and oxygen atoms in total. The van der Waals surface area contributed by atoms with Gasteiger partial charge in [-0.05, 0) is 30.7 Å². The molecule has 0 radical (unpaired) electrons. The van der Waals surface area contributed by atoms with Crippen molar-refractivity contribution in [3.8, 4) is 11.5 Å². The van der Waals surface area contributed by atoms with Gasteiger partial charge in [0.2, 0.25) is 5.82 Å². The highest BCUT2D eigenvalue weighted by Crippen LogP contribution is 2.23. The molecule has 26 heavy (non-hydrogen) atoms. The van der Waals surface area contributed by atoms with Gasteiger partial charge < -0.3 is 9.42 Å². The Morgan fingerprint density at radius 3 is 2.69 bits per heavy atom. The third-order valence-electron chi connectivity index (χ3n) is 4.67. The van der Waals surface area contributed by atoms with E-state index in [4.69, 9.17) is 4.52 Å². The Hall–Kier alpha value is -3.09. The highest BCUT2D eigenvalue weighted by molar-refractivity contribution is 5.90. The quantitative estimate of drug-likeness (QED) is 0.720. The van der Waals surface area contributed by atoms with Crippen molar-refractivity contribution >= 4 is 5.91 Å². The topological polar surface area (TPSA) is 85.0 Å². The summed E-state index contributed by atoms with van der Waals surface area (Å²) in [5.74, 6) is 0.665. The molecule has 0 N–H and O–H groups in total. The maximum atomic E-state index is 12.6. The SMILES string of the molecule is O=C(c1nc(-c2cnccn2)no1)N1CCC(Cc2ccccc2)CC1. The van der Waals surface area contributed by atoms with E-state index in [0.29, 0.717) is 24.7 Å². The average molecular weight is 349 g/mol. The second-order valence-electron chi connectivity index (χ2n) is 6.44. The Morgan fingerprint density at radius 2 is 1.96 bits per heavy atom. The molecule has 2 aromatic heterocycles. The third kappa shape index (κ3) is 3.61. The van der Waals surface area contributed by atoms with Crippen LogP contribution in [0.2, 0.25) is 0 Å². The van der Waals surface area contributed by atoms with E-state index in [1.54, 1.807) is 17.3 Å². The van der Waals surface area contributed by atoms with E-state index in [1.165, 1.54) is 11.8 Å². The van der Waals surface area contributed by atoms with Crippen LogP contribution in [0.5, 0.6) is 0 Å². The molecule has 3 aromatic rings. The lowest BCUT2D eigenvalue weighted by atomic mass is 9.90. The van der Waals surface area contributed by atoms with Crippen LogP contribution in [0.1, 0.15) is 29.1 Å². The number of carbonyl (C=O) groups excluding carboxylic acids is 1. The number of carbonyl (C=O) groups is 1. The Labute approximate surface area is 151 Å². The van der Waals surface area contributed by atoms with Gasteiger partial charge in [-0.3, -0.25) is 9.78 Å². The Bertz CT molecular complexity index is 858. The second-order valence-corrected chi connectivity index (χ2v) is 6.44. The van der Waals surface area contributed by atoms with Gasteiger partial charge in [0, 0.05) is 25.5 Å². The number of benzene rings is 1. The molecule has 0 atom stereocenters. The van der Waals surface area contributed by atoms with E-state index in [-0.39, 0.29) is 17.6 Å². The molecule has 1 fully saturated rings. The minimum absolute atomic E-state index is 0.00663. The standard InChI is InChI=1S/C19H19N5O2/c25-19(18-22-17(23-26-18)16-13-20-8-9-21-16)24-10-6-15(7-11-24)12-14-4-2-1-3-5-14/h1-5,8-9,13,15H,6-7,10-12H2. The summed E-state index contributed by atoms with van der Waals surface area (Å²) in [5, 5.41) is 3.84. The summed E-state index contributed by atoms with van der Waals surface area (Å²) >= 11 is 0. The largest absolute Gasteiger partial charge is 0.334 e. The van der Waals surface area contributed by atoms with Crippen molar-refractivity contribution in [3.63, 3.8) is 0 Å². The number of amides is 1. The molecular weight excluding hydrogens is 330 g/mol. The Balaban J connectivity index is 1.36. The van der Waals surface area contributed by atoms with Crippen LogP contribution >= 0.6 is 0 Å². The summed E-state index contributed by atoms with van der Waals surface area (Å²) in [4.78, 5) is 26.6. The smallest absolute Gasteiger partial charge is 0.316 e. The lowest BCUT2D eigenvalue weighted by molar-refractivity contribution is 0.0640. The summed E-state index contributed by atoms with van der Waals surface area (Å²) in [6, 6.07) is 10.5. The van der Waals surface area contributed by atoms with Crippen molar-refractivity contribution < 1.29 is 9.32 Å². The molecule has 7 heteroatoms. The molecule has 1 aliphatic heterocycles. The predicted molar refractivity (Wildman–Crippen MR) is 94.1 cm³/mol. The zero-order valence-electron chi connectivity index (χ0n) is 14.3. The fraction of sp³-hybridized carbons (Fsp3) is 0.316. The van der Waals surface area contributed by atoms with Crippen LogP contribution in [0, 0.1) is 5.92 Å². The Morgan fingerprint density at radius 1 is 1.15 bits per heavy atom. The van der Waals surface area contributed by atoms with Crippen LogP contribution in [0.25, 0.3) is 11.5 Å². The van der Waals surface area contributed by atoms with E-state index >= 15 is 0 Å². The van der Waals surface area contributed by atoms with Gasteiger partial charge in [-0.15, -0.1) is 0 Å². The zero-order valence-corrected chi connectivity index (χ0v) is 14.3. The van der Waals surface area contributed by atoms with E-state index < -0.39 is 0 Å². The molecule has 1 aromatic carbocycles. The van der Waals surface area contributed by atoms with E-state index in [2.05, 4.69) is 44.4 Å². The summed E-state index contributed by atoms with van der Waals surface area (Å²) in [5.41, 5.74) is 1.83. The normalized spacial score (nSPS) is 15.2. The van der Waals surface area contributed by atoms with Gasteiger partial charge in [0.15, 0.2) is 0 Å². The number of aromatic nitrogens is 4. The van der Waals surface area contributed by atoms with E-state index in [0.717, 1.165) is 19.3 Å². The van der Waals surface area contributed by atoms with Gasteiger partial charge in [0.25, 0.3) is 0 Å². The van der Waals surface area contributed by atoms with Crippen molar-refractivity contribution in [1.29, 1.82) is 0 Å². The van der Waals surface area contributed by atoms with Crippen molar-refractivity contribution in [3.05, 3.63) is 60.4 Å². The molecule has 0 bridgehead atoms. The maximum absolute atomic E-state index is 12.6. The van der Waals surface area contributed by atoms with E-state index in [1.807, 2.05) is 6.07 Å². The molecule has 1 amide bonds. The van der Waals surface area contributed by atoms with Crippen LogP contribution < -0.4 is 0 Å². The summed E-state index contributed by atoms with van der Waals surface area (Å²) in [6.45, 7) is 1.42. The van der Waals surface area contributed by atoms with Crippen molar-refractivity contribution in [2.75, 3.05) is 13.1 Å². The molecule has 132 valence electrons. The van der Waals surface area contributed by atoms with Gasteiger partial charge in [-0.25, -0.2) is 4.98 Å². The van der Waals surface area contributed by atoms with Crippen molar-refractivity contribution in [1.82, 2.24) is 25.0 Å². The minimum atomic E-state index is -0.217. The number of likely N-dealkylation sites (tertiary alicyclic amines) is 1. The molecular formula is C19H19N5O2. The first-order chi connectivity index (χ1) is 12.8. The molecule has 0 unspecified atom stereocenters. The molecule has 4 rings (SSSR count). The molecule has 0 aliphatic carbocycles. The monoisotopic (exact) mass is 349 g/mol. The first kappa shape index (κ1) is 16.4. The third-order valence-corrected chi connectivity index (χ3v) is 4.67.